The maximum absolute atomic E-state index is 13.1. The van der Waals surface area contributed by atoms with E-state index >= 15 is 0 Å². The van der Waals surface area contributed by atoms with E-state index in [0.717, 1.165) is 24.2 Å². The Morgan fingerprint density at radius 1 is 1.06 bits per heavy atom. The minimum Gasteiger partial charge on any atom is -0.494 e. The monoisotopic (exact) mass is 442 g/mol. The predicted octanol–water partition coefficient (Wildman–Crippen LogP) is 2.62. The lowest BCUT2D eigenvalue weighted by molar-refractivity contribution is -0.162. The maximum Gasteiger partial charge on any atom is 0.330 e. The van der Waals surface area contributed by atoms with Crippen molar-refractivity contribution in [3.63, 3.8) is 0 Å². The number of nitrogens with one attached hydrogen (secondary N) is 1. The molecule has 2 aliphatic carbocycles. The lowest BCUT2D eigenvalue weighted by atomic mass is 9.81. The minimum absolute atomic E-state index is 0.246. The fourth-order valence-electron chi connectivity index (χ4n) is 5.60. The summed E-state index contributed by atoms with van der Waals surface area (Å²) in [5, 5.41) is 2.65. The number of hydrogen-bond donors (Lipinski definition) is 1. The highest BCUT2D eigenvalue weighted by atomic mass is 16.5. The molecular weight excluding hydrogens is 412 g/mol. The summed E-state index contributed by atoms with van der Waals surface area (Å²) < 4.78 is 10.6. The smallest absolute Gasteiger partial charge is 0.330 e. The second-order valence-corrected chi connectivity index (χ2v) is 9.23. The third-order valence-corrected chi connectivity index (χ3v) is 6.91. The Labute approximate surface area is 187 Å². The lowest BCUT2D eigenvalue weighted by Crippen LogP contribution is -2.50. The SMILES string of the molecule is CCOc1ccc(NC(=O)COC(=O)[C@@H](C(C)C)N2C(=O)[C@@H]3[C@H]4CC[C@@H](C4)[C@@H]3C2=O)cc1. The number of likely N-dealkylation sites (tertiary alicyclic amines) is 1. The van der Waals surface area contributed by atoms with E-state index in [1.165, 1.54) is 0 Å². The standard InChI is InChI=1S/C24H30N2O6/c1-4-31-17-9-7-16(8-10-17)25-18(27)12-32-24(30)21(13(2)3)26-22(28)19-14-5-6-15(11-14)20(19)23(26)29/h7-10,13-15,19-21H,4-6,11-12H2,1-3H3,(H,25,27)/t14-,15-,19-,20+,21+/m0/s1. The molecule has 5 atom stereocenters. The molecule has 8 heteroatoms. The zero-order valence-corrected chi connectivity index (χ0v) is 18.7. The summed E-state index contributed by atoms with van der Waals surface area (Å²) in [7, 11) is 0. The quantitative estimate of drug-likeness (QED) is 0.491. The van der Waals surface area contributed by atoms with Gasteiger partial charge in [0.15, 0.2) is 6.61 Å². The Balaban J connectivity index is 1.37. The topological polar surface area (TPSA) is 102 Å². The molecule has 4 rings (SSSR count). The van der Waals surface area contributed by atoms with Crippen LogP contribution < -0.4 is 10.1 Å². The average Bonchev–Trinajstić information content (AvgIpc) is 3.44. The van der Waals surface area contributed by atoms with Crippen LogP contribution in [0.1, 0.15) is 40.0 Å². The van der Waals surface area contributed by atoms with E-state index in [0.29, 0.717) is 18.0 Å². The molecule has 0 unspecified atom stereocenters. The van der Waals surface area contributed by atoms with Crippen molar-refractivity contribution in [3.8, 4) is 5.75 Å². The number of rotatable bonds is 8. The highest BCUT2D eigenvalue weighted by molar-refractivity contribution is 6.08. The molecule has 3 aliphatic rings. The van der Waals surface area contributed by atoms with Gasteiger partial charge in [-0.05, 0) is 68.2 Å². The van der Waals surface area contributed by atoms with Gasteiger partial charge in [0.25, 0.3) is 5.91 Å². The van der Waals surface area contributed by atoms with Crippen LogP contribution >= 0.6 is 0 Å². The lowest BCUT2D eigenvalue weighted by Gasteiger charge is -2.28. The summed E-state index contributed by atoms with van der Waals surface area (Å²) >= 11 is 0. The van der Waals surface area contributed by atoms with Crippen molar-refractivity contribution < 1.29 is 28.7 Å². The van der Waals surface area contributed by atoms with E-state index in [4.69, 9.17) is 9.47 Å². The van der Waals surface area contributed by atoms with E-state index in [1.54, 1.807) is 38.1 Å². The first-order valence-corrected chi connectivity index (χ1v) is 11.4. The largest absolute Gasteiger partial charge is 0.494 e. The number of nitrogens with zero attached hydrogens (tertiary/aromatic N) is 1. The van der Waals surface area contributed by atoms with Crippen LogP contribution in [0.25, 0.3) is 0 Å². The molecule has 1 heterocycles. The molecule has 2 bridgehead atoms. The number of benzene rings is 1. The first-order chi connectivity index (χ1) is 15.3. The van der Waals surface area contributed by atoms with Gasteiger partial charge in [0.05, 0.1) is 18.4 Å². The van der Waals surface area contributed by atoms with Gasteiger partial charge in [-0.15, -0.1) is 0 Å². The second-order valence-electron chi connectivity index (χ2n) is 9.23. The van der Waals surface area contributed by atoms with Crippen molar-refractivity contribution in [2.24, 2.45) is 29.6 Å². The summed E-state index contributed by atoms with van der Waals surface area (Å²) in [4.78, 5) is 52.5. The Morgan fingerprint density at radius 3 is 2.19 bits per heavy atom. The Bertz CT molecular complexity index is 884. The van der Waals surface area contributed by atoms with Crippen molar-refractivity contribution in [2.45, 2.75) is 46.1 Å². The number of imide groups is 1. The second kappa shape index (κ2) is 8.92. The van der Waals surface area contributed by atoms with E-state index in [-0.39, 0.29) is 41.4 Å². The van der Waals surface area contributed by atoms with E-state index < -0.39 is 24.5 Å². The summed E-state index contributed by atoms with van der Waals surface area (Å²) in [6.07, 6.45) is 2.88. The van der Waals surface area contributed by atoms with Crippen LogP contribution in [0.15, 0.2) is 24.3 Å². The molecule has 1 aromatic carbocycles. The number of carbonyl (C=O) groups excluding carboxylic acids is 4. The Morgan fingerprint density at radius 2 is 1.66 bits per heavy atom. The van der Waals surface area contributed by atoms with Gasteiger partial charge in [0.2, 0.25) is 11.8 Å². The predicted molar refractivity (Wildman–Crippen MR) is 115 cm³/mol. The highest BCUT2D eigenvalue weighted by Gasteiger charge is 2.62. The number of amides is 3. The fourth-order valence-corrected chi connectivity index (χ4v) is 5.60. The molecule has 3 fully saturated rings. The normalized spacial score (nSPS) is 26.9. The number of hydrogen-bond acceptors (Lipinski definition) is 6. The van der Waals surface area contributed by atoms with E-state index in [2.05, 4.69) is 5.32 Å². The maximum atomic E-state index is 13.1. The molecule has 1 saturated heterocycles. The van der Waals surface area contributed by atoms with Gasteiger partial charge in [-0.3, -0.25) is 19.3 Å². The molecule has 0 radical (unpaired) electrons. The fraction of sp³-hybridized carbons (Fsp3) is 0.583. The van der Waals surface area contributed by atoms with Gasteiger partial charge < -0.3 is 14.8 Å². The molecule has 1 N–H and O–H groups in total. The van der Waals surface area contributed by atoms with Crippen molar-refractivity contribution in [1.29, 1.82) is 0 Å². The van der Waals surface area contributed by atoms with Crippen molar-refractivity contribution in [1.82, 2.24) is 4.90 Å². The number of carbonyl (C=O) groups is 4. The molecule has 0 spiro atoms. The van der Waals surface area contributed by atoms with Gasteiger partial charge in [-0.25, -0.2) is 4.79 Å². The van der Waals surface area contributed by atoms with Crippen molar-refractivity contribution in [2.75, 3.05) is 18.5 Å². The third kappa shape index (κ3) is 3.98. The number of fused-ring (bicyclic) bond motifs is 5. The third-order valence-electron chi connectivity index (χ3n) is 6.91. The first kappa shape index (κ1) is 22.3. The molecule has 1 aromatic rings. The molecule has 2 saturated carbocycles. The summed E-state index contributed by atoms with van der Waals surface area (Å²) in [6, 6.07) is 5.83. The zero-order chi connectivity index (χ0) is 23.0. The van der Waals surface area contributed by atoms with Crippen LogP contribution in [0.4, 0.5) is 5.69 Å². The van der Waals surface area contributed by atoms with Crippen LogP contribution in [0, 0.1) is 29.6 Å². The van der Waals surface area contributed by atoms with Crippen LogP contribution in [-0.4, -0.2) is 47.8 Å². The van der Waals surface area contributed by atoms with E-state index in [1.807, 2.05) is 6.92 Å². The van der Waals surface area contributed by atoms with Crippen LogP contribution in [0.5, 0.6) is 5.75 Å². The molecule has 172 valence electrons. The van der Waals surface area contributed by atoms with Gasteiger partial charge in [0, 0.05) is 5.69 Å². The zero-order valence-electron chi connectivity index (χ0n) is 18.7. The first-order valence-electron chi connectivity index (χ1n) is 11.4. The Hall–Kier alpha value is -2.90. The number of anilines is 1. The Kier molecular flexibility index (Phi) is 6.22. The van der Waals surface area contributed by atoms with Gasteiger partial charge >= 0.3 is 5.97 Å². The average molecular weight is 443 g/mol. The molecule has 1 aliphatic heterocycles. The van der Waals surface area contributed by atoms with Gasteiger partial charge in [0.1, 0.15) is 11.8 Å². The highest BCUT2D eigenvalue weighted by Crippen LogP contribution is 2.56. The number of esters is 1. The van der Waals surface area contributed by atoms with Crippen molar-refractivity contribution >= 4 is 29.4 Å². The summed E-state index contributed by atoms with van der Waals surface area (Å²) in [6.45, 7) is 5.48. The van der Waals surface area contributed by atoms with Gasteiger partial charge in [-0.2, -0.15) is 0 Å². The summed E-state index contributed by atoms with van der Waals surface area (Å²) in [5.41, 5.74) is 0.545. The number of ether oxygens (including phenoxy) is 2. The molecule has 8 nitrogen and oxygen atoms in total. The van der Waals surface area contributed by atoms with Crippen molar-refractivity contribution in [3.05, 3.63) is 24.3 Å². The van der Waals surface area contributed by atoms with Crippen LogP contribution in [0.2, 0.25) is 0 Å². The molecule has 0 aromatic heterocycles. The van der Waals surface area contributed by atoms with Crippen LogP contribution in [0.3, 0.4) is 0 Å². The van der Waals surface area contributed by atoms with Crippen LogP contribution in [-0.2, 0) is 23.9 Å². The molecule has 3 amide bonds. The molecular formula is C24H30N2O6. The molecule has 32 heavy (non-hydrogen) atoms. The van der Waals surface area contributed by atoms with Gasteiger partial charge in [-0.1, -0.05) is 13.8 Å². The summed E-state index contributed by atoms with van der Waals surface area (Å²) in [5.74, 6) is -1.45. The van der Waals surface area contributed by atoms with E-state index in [9.17, 15) is 19.2 Å². The minimum atomic E-state index is -1.02.